The van der Waals surface area contributed by atoms with Crippen LogP contribution in [0.25, 0.3) is 0 Å². The number of hydrogen-bond donors (Lipinski definition) is 2. The lowest BCUT2D eigenvalue weighted by molar-refractivity contribution is 1.21. The number of anilines is 2. The van der Waals surface area contributed by atoms with Crippen LogP contribution in [0.2, 0.25) is 0 Å². The highest BCUT2D eigenvalue weighted by molar-refractivity contribution is 5.57. The molecule has 0 saturated carbocycles. The molecule has 0 spiro atoms. The first-order chi connectivity index (χ1) is 6.08. The Morgan fingerprint density at radius 2 is 2.15 bits per heavy atom. The number of hydrogen-bond acceptors (Lipinski definition) is 2. The molecule has 0 amide bonds. The van der Waals surface area contributed by atoms with Crippen molar-refractivity contribution in [2.24, 2.45) is 0 Å². The van der Waals surface area contributed by atoms with Crippen LogP contribution in [-0.4, -0.2) is 6.54 Å². The topological polar surface area (TPSA) is 38.0 Å². The standard InChI is InChI=1S/C11H16N2/c1-8(2)7-13-11-5-9(3)4-10(12)6-11/h4-6,13H,1,7,12H2,2-3H3. The lowest BCUT2D eigenvalue weighted by Gasteiger charge is -2.07. The van der Waals surface area contributed by atoms with Gasteiger partial charge in [0.15, 0.2) is 0 Å². The first-order valence-electron chi connectivity index (χ1n) is 4.33. The van der Waals surface area contributed by atoms with Gasteiger partial charge in [-0.05, 0) is 37.6 Å². The molecule has 1 aromatic carbocycles. The van der Waals surface area contributed by atoms with Crippen LogP contribution in [-0.2, 0) is 0 Å². The Bertz CT molecular complexity index is 296. The number of benzene rings is 1. The van der Waals surface area contributed by atoms with Crippen LogP contribution in [0.5, 0.6) is 0 Å². The fraction of sp³-hybridized carbons (Fsp3) is 0.273. The van der Waals surface area contributed by atoms with Gasteiger partial charge in [0.2, 0.25) is 0 Å². The minimum absolute atomic E-state index is 0.795. The molecule has 0 aliphatic carbocycles. The zero-order chi connectivity index (χ0) is 9.84. The summed E-state index contributed by atoms with van der Waals surface area (Å²) in [4.78, 5) is 0. The van der Waals surface area contributed by atoms with Gasteiger partial charge in [-0.1, -0.05) is 12.2 Å². The molecule has 0 atom stereocenters. The van der Waals surface area contributed by atoms with Gasteiger partial charge in [0.05, 0.1) is 0 Å². The summed E-state index contributed by atoms with van der Waals surface area (Å²) < 4.78 is 0. The van der Waals surface area contributed by atoms with E-state index in [0.29, 0.717) is 0 Å². The molecule has 0 heterocycles. The zero-order valence-electron chi connectivity index (χ0n) is 8.22. The SMILES string of the molecule is C=C(C)CNc1cc(C)cc(N)c1. The maximum absolute atomic E-state index is 5.70. The van der Waals surface area contributed by atoms with E-state index in [2.05, 4.69) is 18.0 Å². The molecular formula is C11H16N2. The molecule has 0 aromatic heterocycles. The molecule has 2 nitrogen and oxygen atoms in total. The van der Waals surface area contributed by atoms with Gasteiger partial charge in [-0.3, -0.25) is 0 Å². The van der Waals surface area contributed by atoms with E-state index in [1.54, 1.807) is 0 Å². The highest BCUT2D eigenvalue weighted by atomic mass is 14.9. The molecule has 0 saturated heterocycles. The minimum Gasteiger partial charge on any atom is -0.399 e. The highest BCUT2D eigenvalue weighted by Gasteiger charge is 1.94. The van der Waals surface area contributed by atoms with E-state index >= 15 is 0 Å². The molecule has 3 N–H and O–H groups in total. The van der Waals surface area contributed by atoms with Crippen molar-refractivity contribution in [2.45, 2.75) is 13.8 Å². The van der Waals surface area contributed by atoms with Crippen molar-refractivity contribution in [1.29, 1.82) is 0 Å². The Balaban J connectivity index is 2.71. The summed E-state index contributed by atoms with van der Waals surface area (Å²) in [7, 11) is 0. The van der Waals surface area contributed by atoms with E-state index in [1.807, 2.05) is 26.0 Å². The third-order valence-corrected chi connectivity index (χ3v) is 1.69. The summed E-state index contributed by atoms with van der Waals surface area (Å²) in [5.41, 5.74) is 9.84. The van der Waals surface area contributed by atoms with Gasteiger partial charge in [-0.25, -0.2) is 0 Å². The highest BCUT2D eigenvalue weighted by Crippen LogP contribution is 2.15. The van der Waals surface area contributed by atoms with Crippen LogP contribution < -0.4 is 11.1 Å². The van der Waals surface area contributed by atoms with Crippen LogP contribution in [0, 0.1) is 6.92 Å². The van der Waals surface area contributed by atoms with E-state index < -0.39 is 0 Å². The third kappa shape index (κ3) is 3.20. The molecule has 70 valence electrons. The normalized spacial score (nSPS) is 9.69. The summed E-state index contributed by atoms with van der Waals surface area (Å²) in [5.74, 6) is 0. The summed E-state index contributed by atoms with van der Waals surface area (Å²) in [6, 6.07) is 5.95. The van der Waals surface area contributed by atoms with Crippen LogP contribution in [0.3, 0.4) is 0 Å². The summed E-state index contributed by atoms with van der Waals surface area (Å²) >= 11 is 0. The maximum atomic E-state index is 5.70. The molecular weight excluding hydrogens is 160 g/mol. The monoisotopic (exact) mass is 176 g/mol. The first kappa shape index (κ1) is 9.65. The van der Waals surface area contributed by atoms with E-state index in [0.717, 1.165) is 23.5 Å². The van der Waals surface area contributed by atoms with Crippen LogP contribution in [0.1, 0.15) is 12.5 Å². The van der Waals surface area contributed by atoms with Crippen molar-refractivity contribution in [1.82, 2.24) is 0 Å². The molecule has 0 aliphatic rings. The quantitative estimate of drug-likeness (QED) is 0.548. The number of rotatable bonds is 3. The van der Waals surface area contributed by atoms with Gasteiger partial charge < -0.3 is 11.1 Å². The largest absolute Gasteiger partial charge is 0.399 e. The Morgan fingerprint density at radius 3 is 2.69 bits per heavy atom. The fourth-order valence-electron chi connectivity index (χ4n) is 1.17. The summed E-state index contributed by atoms with van der Waals surface area (Å²) in [6.07, 6.45) is 0. The van der Waals surface area contributed by atoms with Crippen molar-refractivity contribution in [3.63, 3.8) is 0 Å². The first-order valence-corrected chi connectivity index (χ1v) is 4.33. The Morgan fingerprint density at radius 1 is 1.46 bits per heavy atom. The molecule has 1 aromatic rings. The molecule has 1 rings (SSSR count). The van der Waals surface area contributed by atoms with Gasteiger partial charge in [0, 0.05) is 17.9 Å². The molecule has 0 fully saturated rings. The molecule has 0 bridgehead atoms. The van der Waals surface area contributed by atoms with Crippen molar-refractivity contribution >= 4 is 11.4 Å². The number of aryl methyl sites for hydroxylation is 1. The molecule has 2 heteroatoms. The number of nitrogen functional groups attached to an aromatic ring is 1. The van der Waals surface area contributed by atoms with E-state index in [9.17, 15) is 0 Å². The molecule has 0 radical (unpaired) electrons. The van der Waals surface area contributed by atoms with E-state index in [-0.39, 0.29) is 0 Å². The second-order valence-electron chi connectivity index (χ2n) is 3.44. The van der Waals surface area contributed by atoms with E-state index in [1.165, 1.54) is 5.56 Å². The molecule has 13 heavy (non-hydrogen) atoms. The molecule has 0 aliphatic heterocycles. The Hall–Kier alpha value is -1.44. The van der Waals surface area contributed by atoms with E-state index in [4.69, 9.17) is 5.73 Å². The van der Waals surface area contributed by atoms with Gasteiger partial charge in [0.25, 0.3) is 0 Å². The maximum Gasteiger partial charge on any atom is 0.0366 e. The predicted molar refractivity (Wildman–Crippen MR) is 58.9 cm³/mol. The van der Waals surface area contributed by atoms with Gasteiger partial charge in [-0.15, -0.1) is 0 Å². The number of nitrogens with two attached hydrogens (primary N) is 1. The van der Waals surface area contributed by atoms with Gasteiger partial charge >= 0.3 is 0 Å². The second kappa shape index (κ2) is 3.99. The van der Waals surface area contributed by atoms with Crippen LogP contribution in [0.15, 0.2) is 30.4 Å². The minimum atomic E-state index is 0.795. The smallest absolute Gasteiger partial charge is 0.0366 e. The van der Waals surface area contributed by atoms with Gasteiger partial charge in [0.1, 0.15) is 0 Å². The Kier molecular flexibility index (Phi) is 2.96. The second-order valence-corrected chi connectivity index (χ2v) is 3.44. The Labute approximate surface area is 79.5 Å². The predicted octanol–water partition coefficient (Wildman–Crippen LogP) is 2.57. The van der Waals surface area contributed by atoms with Crippen molar-refractivity contribution in [2.75, 3.05) is 17.6 Å². The van der Waals surface area contributed by atoms with Crippen molar-refractivity contribution < 1.29 is 0 Å². The average Bonchev–Trinajstić information content (AvgIpc) is 1.99. The van der Waals surface area contributed by atoms with Crippen molar-refractivity contribution in [3.05, 3.63) is 35.9 Å². The van der Waals surface area contributed by atoms with Crippen LogP contribution >= 0.6 is 0 Å². The lowest BCUT2D eigenvalue weighted by atomic mass is 10.2. The summed E-state index contributed by atoms with van der Waals surface area (Å²) in [6.45, 7) is 8.64. The fourth-order valence-corrected chi connectivity index (χ4v) is 1.17. The van der Waals surface area contributed by atoms with Crippen LogP contribution in [0.4, 0.5) is 11.4 Å². The summed E-state index contributed by atoms with van der Waals surface area (Å²) in [5, 5.41) is 3.25. The molecule has 0 unspecified atom stereocenters. The zero-order valence-corrected chi connectivity index (χ0v) is 8.22. The average molecular weight is 176 g/mol. The third-order valence-electron chi connectivity index (χ3n) is 1.69. The van der Waals surface area contributed by atoms with Crippen molar-refractivity contribution in [3.8, 4) is 0 Å². The van der Waals surface area contributed by atoms with Gasteiger partial charge in [-0.2, -0.15) is 0 Å². The lowest BCUT2D eigenvalue weighted by Crippen LogP contribution is -2.02. The number of nitrogens with one attached hydrogen (secondary N) is 1.